The molecule has 0 saturated heterocycles. The third-order valence-electron chi connectivity index (χ3n) is 4.00. The van der Waals surface area contributed by atoms with Gasteiger partial charge < -0.3 is 9.64 Å². The smallest absolute Gasteiger partial charge is 0.240 e. The summed E-state index contributed by atoms with van der Waals surface area (Å²) in [5, 5.41) is 0. The standard InChI is InChI=1S/C19H26N2O3S/c1-4-24-18-10-12-19(13-11-18)25(22,23)20-15-17(21(2)3)14-16-8-6-5-7-9-16/h5-13,17,20H,4,14-15H2,1-3H3. The van der Waals surface area contributed by atoms with Crippen LogP contribution >= 0.6 is 0 Å². The van der Waals surface area contributed by atoms with Crippen LogP contribution in [0.25, 0.3) is 0 Å². The van der Waals surface area contributed by atoms with E-state index in [2.05, 4.69) is 16.9 Å². The first-order valence-electron chi connectivity index (χ1n) is 8.35. The number of ether oxygens (including phenoxy) is 1. The normalized spacial score (nSPS) is 13.0. The molecule has 0 aliphatic rings. The van der Waals surface area contributed by atoms with Gasteiger partial charge in [-0.15, -0.1) is 0 Å². The Hall–Kier alpha value is -1.89. The van der Waals surface area contributed by atoms with E-state index in [4.69, 9.17) is 4.74 Å². The molecule has 0 fully saturated rings. The van der Waals surface area contributed by atoms with Gasteiger partial charge in [0.25, 0.3) is 0 Å². The van der Waals surface area contributed by atoms with Crippen molar-refractivity contribution in [1.82, 2.24) is 9.62 Å². The van der Waals surface area contributed by atoms with Crippen molar-refractivity contribution in [1.29, 1.82) is 0 Å². The molecule has 0 radical (unpaired) electrons. The van der Waals surface area contributed by atoms with Crippen molar-refractivity contribution < 1.29 is 13.2 Å². The predicted octanol–water partition coefficient (Wildman–Crippen LogP) is 2.54. The van der Waals surface area contributed by atoms with E-state index in [9.17, 15) is 8.42 Å². The van der Waals surface area contributed by atoms with Gasteiger partial charge in [-0.05, 0) is 57.3 Å². The highest BCUT2D eigenvalue weighted by Crippen LogP contribution is 2.16. The molecule has 0 saturated carbocycles. The van der Waals surface area contributed by atoms with E-state index < -0.39 is 10.0 Å². The molecule has 1 N–H and O–H groups in total. The highest BCUT2D eigenvalue weighted by atomic mass is 32.2. The number of hydrogen-bond acceptors (Lipinski definition) is 4. The number of likely N-dealkylation sites (N-methyl/N-ethyl adjacent to an activating group) is 1. The van der Waals surface area contributed by atoms with Crippen molar-refractivity contribution >= 4 is 10.0 Å². The summed E-state index contributed by atoms with van der Waals surface area (Å²) in [4.78, 5) is 2.28. The number of benzene rings is 2. The summed E-state index contributed by atoms with van der Waals surface area (Å²) in [6.07, 6.45) is 0.777. The van der Waals surface area contributed by atoms with E-state index in [0.717, 1.165) is 6.42 Å². The third-order valence-corrected chi connectivity index (χ3v) is 5.44. The minimum absolute atomic E-state index is 0.0693. The van der Waals surface area contributed by atoms with Crippen LogP contribution in [0.5, 0.6) is 5.75 Å². The van der Waals surface area contributed by atoms with E-state index in [0.29, 0.717) is 18.9 Å². The summed E-state index contributed by atoms with van der Waals surface area (Å²) in [5.74, 6) is 0.664. The minimum atomic E-state index is -3.55. The molecule has 0 spiro atoms. The molecular formula is C19H26N2O3S. The fraction of sp³-hybridized carbons (Fsp3) is 0.368. The third kappa shape index (κ3) is 5.85. The Kier molecular flexibility index (Phi) is 6.99. The first kappa shape index (κ1) is 19.4. The van der Waals surface area contributed by atoms with E-state index in [-0.39, 0.29) is 10.9 Å². The summed E-state index contributed by atoms with van der Waals surface area (Å²) >= 11 is 0. The van der Waals surface area contributed by atoms with Gasteiger partial charge in [-0.25, -0.2) is 13.1 Å². The van der Waals surface area contributed by atoms with Gasteiger partial charge in [0, 0.05) is 12.6 Å². The second kappa shape index (κ2) is 8.99. The Balaban J connectivity index is 2.02. The minimum Gasteiger partial charge on any atom is -0.494 e. The lowest BCUT2D eigenvalue weighted by Gasteiger charge is -2.24. The van der Waals surface area contributed by atoms with Crippen LogP contribution in [0.1, 0.15) is 12.5 Å². The van der Waals surface area contributed by atoms with Crippen LogP contribution in [0.3, 0.4) is 0 Å². The summed E-state index contributed by atoms with van der Waals surface area (Å²) in [7, 11) is 0.369. The number of sulfonamides is 1. The van der Waals surface area contributed by atoms with Crippen molar-refractivity contribution in [2.24, 2.45) is 0 Å². The Labute approximate surface area is 150 Å². The highest BCUT2D eigenvalue weighted by molar-refractivity contribution is 7.89. The number of nitrogens with zero attached hydrogens (tertiary/aromatic N) is 1. The molecule has 1 atom stereocenters. The van der Waals surface area contributed by atoms with E-state index in [1.807, 2.05) is 44.1 Å². The molecule has 0 aromatic heterocycles. The Morgan fingerprint density at radius 1 is 1.04 bits per heavy atom. The Morgan fingerprint density at radius 2 is 1.68 bits per heavy atom. The van der Waals surface area contributed by atoms with Crippen molar-refractivity contribution in [3.8, 4) is 5.75 Å². The van der Waals surface area contributed by atoms with Crippen LogP contribution < -0.4 is 9.46 Å². The SMILES string of the molecule is CCOc1ccc(S(=O)(=O)NCC(Cc2ccccc2)N(C)C)cc1. The molecule has 1 unspecified atom stereocenters. The fourth-order valence-corrected chi connectivity index (χ4v) is 3.57. The quantitative estimate of drug-likeness (QED) is 0.745. The van der Waals surface area contributed by atoms with E-state index in [1.165, 1.54) is 5.56 Å². The molecule has 0 heterocycles. The maximum Gasteiger partial charge on any atom is 0.240 e. The molecule has 6 heteroatoms. The van der Waals surface area contributed by atoms with Crippen LogP contribution in [0.2, 0.25) is 0 Å². The van der Waals surface area contributed by atoms with Crippen molar-refractivity contribution in [3.63, 3.8) is 0 Å². The zero-order chi connectivity index (χ0) is 18.3. The molecule has 0 aliphatic heterocycles. The van der Waals surface area contributed by atoms with Crippen molar-refractivity contribution in [3.05, 3.63) is 60.2 Å². The van der Waals surface area contributed by atoms with Crippen LogP contribution in [-0.4, -0.2) is 46.6 Å². The molecule has 25 heavy (non-hydrogen) atoms. The number of rotatable bonds is 9. The fourth-order valence-electron chi connectivity index (χ4n) is 2.49. The molecule has 2 aromatic carbocycles. The number of nitrogens with one attached hydrogen (secondary N) is 1. The summed E-state index contributed by atoms with van der Waals surface area (Å²) in [6.45, 7) is 2.78. The van der Waals surface area contributed by atoms with Gasteiger partial charge in [0.1, 0.15) is 5.75 Å². The summed E-state index contributed by atoms with van der Waals surface area (Å²) in [5.41, 5.74) is 1.18. The lowest BCUT2D eigenvalue weighted by Crippen LogP contribution is -2.41. The lowest BCUT2D eigenvalue weighted by atomic mass is 10.1. The second-order valence-corrected chi connectivity index (χ2v) is 7.83. The van der Waals surface area contributed by atoms with Gasteiger partial charge in [0.2, 0.25) is 10.0 Å². The first-order chi connectivity index (χ1) is 11.9. The number of hydrogen-bond donors (Lipinski definition) is 1. The zero-order valence-electron chi connectivity index (χ0n) is 15.0. The molecular weight excluding hydrogens is 336 g/mol. The lowest BCUT2D eigenvalue weighted by molar-refractivity contribution is 0.291. The topological polar surface area (TPSA) is 58.6 Å². The van der Waals surface area contributed by atoms with E-state index >= 15 is 0 Å². The molecule has 2 aromatic rings. The maximum atomic E-state index is 12.5. The van der Waals surface area contributed by atoms with Gasteiger partial charge in [0.15, 0.2) is 0 Å². The van der Waals surface area contributed by atoms with Crippen LogP contribution in [-0.2, 0) is 16.4 Å². The molecule has 2 rings (SSSR count). The Bertz CT molecular complexity index is 744. The average Bonchev–Trinajstić information content (AvgIpc) is 2.60. The zero-order valence-corrected chi connectivity index (χ0v) is 15.8. The van der Waals surface area contributed by atoms with E-state index in [1.54, 1.807) is 24.3 Å². The largest absolute Gasteiger partial charge is 0.494 e. The van der Waals surface area contributed by atoms with Gasteiger partial charge >= 0.3 is 0 Å². The van der Waals surface area contributed by atoms with Gasteiger partial charge in [-0.3, -0.25) is 0 Å². The monoisotopic (exact) mass is 362 g/mol. The second-order valence-electron chi connectivity index (χ2n) is 6.06. The molecule has 0 amide bonds. The highest BCUT2D eigenvalue weighted by Gasteiger charge is 2.18. The molecule has 136 valence electrons. The summed E-state index contributed by atoms with van der Waals surface area (Å²) < 4.78 is 33.1. The van der Waals surface area contributed by atoms with Crippen molar-refractivity contribution in [2.45, 2.75) is 24.3 Å². The maximum absolute atomic E-state index is 12.5. The molecule has 5 nitrogen and oxygen atoms in total. The predicted molar refractivity (Wildman–Crippen MR) is 100 cm³/mol. The van der Waals surface area contributed by atoms with Crippen LogP contribution in [0, 0.1) is 0 Å². The van der Waals surface area contributed by atoms with Gasteiger partial charge in [-0.2, -0.15) is 0 Å². The molecule has 0 bridgehead atoms. The Morgan fingerprint density at radius 3 is 2.24 bits per heavy atom. The van der Waals surface area contributed by atoms with Gasteiger partial charge in [0.05, 0.1) is 11.5 Å². The van der Waals surface area contributed by atoms with Gasteiger partial charge in [-0.1, -0.05) is 30.3 Å². The summed E-state index contributed by atoms with van der Waals surface area (Å²) in [6, 6.07) is 16.6. The van der Waals surface area contributed by atoms with Crippen LogP contribution in [0.15, 0.2) is 59.5 Å². The van der Waals surface area contributed by atoms with Crippen LogP contribution in [0.4, 0.5) is 0 Å². The molecule has 0 aliphatic carbocycles. The van der Waals surface area contributed by atoms with Crippen molar-refractivity contribution in [2.75, 3.05) is 27.2 Å². The first-order valence-corrected chi connectivity index (χ1v) is 9.83. The average molecular weight is 362 g/mol.